The number of likely N-dealkylation sites (N-methyl/N-ethyl adjacent to an activating group) is 1. The van der Waals surface area contributed by atoms with E-state index in [0.29, 0.717) is 0 Å². The summed E-state index contributed by atoms with van der Waals surface area (Å²) in [6, 6.07) is 0. The van der Waals surface area contributed by atoms with Gasteiger partial charge in [-0.25, -0.2) is 0 Å². The highest BCUT2D eigenvalue weighted by Gasteiger charge is 2.15. The molecule has 1 aliphatic heterocycles. The Balaban J connectivity index is 2.09. The Hall–Kier alpha value is -0.420. The molecule has 0 amide bonds. The third-order valence-electron chi connectivity index (χ3n) is 3.04. The van der Waals surface area contributed by atoms with Crippen LogP contribution < -0.4 is 0 Å². The Morgan fingerprint density at radius 1 is 1.47 bits per heavy atom. The number of allylic oxidation sites excluding steroid dienone is 1. The summed E-state index contributed by atoms with van der Waals surface area (Å²) in [5, 5.41) is 9.98. The van der Waals surface area contributed by atoms with E-state index in [0.717, 1.165) is 58.8 Å². The Bertz CT molecular complexity index is 206. The minimum atomic E-state index is -0.262. The summed E-state index contributed by atoms with van der Waals surface area (Å²) in [6.07, 6.45) is 3.84. The molecule has 1 unspecified atom stereocenters. The van der Waals surface area contributed by atoms with E-state index in [1.54, 1.807) is 0 Å². The first-order chi connectivity index (χ1) is 8.22. The highest BCUT2D eigenvalue weighted by atomic mass is 16.5. The Kier molecular flexibility index (Phi) is 7.44. The van der Waals surface area contributed by atoms with Gasteiger partial charge in [0.1, 0.15) is 0 Å². The van der Waals surface area contributed by atoms with Gasteiger partial charge in [0, 0.05) is 26.2 Å². The van der Waals surface area contributed by atoms with Gasteiger partial charge in [-0.05, 0) is 26.4 Å². The van der Waals surface area contributed by atoms with Crippen molar-refractivity contribution >= 4 is 0 Å². The van der Waals surface area contributed by atoms with Gasteiger partial charge < -0.3 is 14.7 Å². The van der Waals surface area contributed by atoms with E-state index in [4.69, 9.17) is 4.74 Å². The highest BCUT2D eigenvalue weighted by molar-refractivity contribution is 4.71. The molecule has 1 saturated heterocycles. The molecule has 1 rings (SSSR count). The summed E-state index contributed by atoms with van der Waals surface area (Å²) in [7, 11) is 2.06. The number of nitrogens with zero attached hydrogens (tertiary/aromatic N) is 2. The largest absolute Gasteiger partial charge is 0.390 e. The number of aliphatic hydroxyl groups is 1. The number of rotatable bonds is 8. The van der Waals surface area contributed by atoms with E-state index in [9.17, 15) is 5.11 Å². The first-order valence-corrected chi connectivity index (χ1v) is 6.50. The van der Waals surface area contributed by atoms with Gasteiger partial charge in [0.25, 0.3) is 0 Å². The van der Waals surface area contributed by atoms with Gasteiger partial charge in [0.05, 0.1) is 19.3 Å². The molecule has 0 saturated carbocycles. The van der Waals surface area contributed by atoms with Crippen LogP contribution in [0.15, 0.2) is 12.7 Å². The van der Waals surface area contributed by atoms with Crippen LogP contribution in [0, 0.1) is 0 Å². The minimum absolute atomic E-state index is 0.262. The molecule has 0 bridgehead atoms. The second-order valence-corrected chi connectivity index (χ2v) is 4.76. The van der Waals surface area contributed by atoms with Crippen molar-refractivity contribution in [3.63, 3.8) is 0 Å². The van der Waals surface area contributed by atoms with Crippen molar-refractivity contribution in [3.05, 3.63) is 12.7 Å². The van der Waals surface area contributed by atoms with Crippen LogP contribution in [0.4, 0.5) is 0 Å². The highest BCUT2D eigenvalue weighted by Crippen LogP contribution is 2.01. The molecule has 1 atom stereocenters. The second kappa shape index (κ2) is 8.64. The maximum Gasteiger partial charge on any atom is 0.0793 e. The standard InChI is InChI=1S/C13H26N2O2/c1-3-4-5-6-14(2)11-13(16)12-15-7-9-17-10-8-15/h3,13,16H,1,4-12H2,2H3. The number of ether oxygens (including phenoxy) is 1. The number of β-amino-alcohol motifs (C(OH)–C–C–N with tert-alkyl or cyclic N) is 1. The molecular weight excluding hydrogens is 216 g/mol. The number of morpholine rings is 1. The van der Waals surface area contributed by atoms with Crippen molar-refractivity contribution < 1.29 is 9.84 Å². The summed E-state index contributed by atoms with van der Waals surface area (Å²) in [5.41, 5.74) is 0. The molecule has 1 heterocycles. The Morgan fingerprint density at radius 3 is 2.82 bits per heavy atom. The molecule has 0 aromatic carbocycles. The van der Waals surface area contributed by atoms with Crippen molar-refractivity contribution in [2.45, 2.75) is 18.9 Å². The van der Waals surface area contributed by atoms with Crippen LogP contribution in [0.25, 0.3) is 0 Å². The smallest absolute Gasteiger partial charge is 0.0793 e. The SMILES string of the molecule is C=CCCCN(C)CC(O)CN1CCOCC1. The maximum atomic E-state index is 9.98. The lowest BCUT2D eigenvalue weighted by molar-refractivity contribution is 0.00868. The normalized spacial score (nSPS) is 19.5. The first-order valence-electron chi connectivity index (χ1n) is 6.50. The average Bonchev–Trinajstić information content (AvgIpc) is 2.30. The van der Waals surface area contributed by atoms with Crippen molar-refractivity contribution in [1.82, 2.24) is 9.80 Å². The third kappa shape index (κ3) is 6.78. The topological polar surface area (TPSA) is 35.9 Å². The molecule has 0 radical (unpaired) electrons. The fourth-order valence-corrected chi connectivity index (χ4v) is 2.10. The molecular formula is C13H26N2O2. The molecule has 100 valence electrons. The minimum Gasteiger partial charge on any atom is -0.390 e. The molecule has 0 aromatic heterocycles. The lowest BCUT2D eigenvalue weighted by Gasteiger charge is -2.30. The quantitative estimate of drug-likeness (QED) is 0.499. The zero-order valence-corrected chi connectivity index (χ0v) is 11.0. The summed E-state index contributed by atoms with van der Waals surface area (Å²) >= 11 is 0. The molecule has 1 N–H and O–H groups in total. The summed E-state index contributed by atoms with van der Waals surface area (Å²) < 4.78 is 5.28. The molecule has 4 heteroatoms. The Labute approximate surface area is 105 Å². The van der Waals surface area contributed by atoms with Crippen molar-refractivity contribution in [3.8, 4) is 0 Å². The van der Waals surface area contributed by atoms with Gasteiger partial charge in [0.2, 0.25) is 0 Å². The number of hydrogen-bond acceptors (Lipinski definition) is 4. The lowest BCUT2D eigenvalue weighted by Crippen LogP contribution is -2.44. The zero-order valence-electron chi connectivity index (χ0n) is 11.0. The summed E-state index contributed by atoms with van der Waals surface area (Å²) in [4.78, 5) is 4.46. The zero-order chi connectivity index (χ0) is 12.5. The molecule has 1 aliphatic rings. The maximum absolute atomic E-state index is 9.98. The van der Waals surface area contributed by atoms with Gasteiger partial charge in [-0.1, -0.05) is 6.08 Å². The van der Waals surface area contributed by atoms with Crippen LogP contribution >= 0.6 is 0 Å². The Morgan fingerprint density at radius 2 is 2.18 bits per heavy atom. The van der Waals surface area contributed by atoms with Crippen molar-refractivity contribution in [2.75, 3.05) is 53.0 Å². The summed E-state index contributed by atoms with van der Waals surface area (Å²) in [5.74, 6) is 0. The van der Waals surface area contributed by atoms with Crippen LogP contribution in [0.2, 0.25) is 0 Å². The molecule has 4 nitrogen and oxygen atoms in total. The van der Waals surface area contributed by atoms with E-state index in [2.05, 4.69) is 23.4 Å². The number of hydrogen-bond donors (Lipinski definition) is 1. The van der Waals surface area contributed by atoms with E-state index in [-0.39, 0.29) is 6.10 Å². The molecule has 1 fully saturated rings. The van der Waals surface area contributed by atoms with Gasteiger partial charge in [0.15, 0.2) is 0 Å². The predicted octanol–water partition coefficient (Wildman–Crippen LogP) is 0.578. The van der Waals surface area contributed by atoms with Crippen molar-refractivity contribution in [1.29, 1.82) is 0 Å². The van der Waals surface area contributed by atoms with E-state index in [1.165, 1.54) is 0 Å². The second-order valence-electron chi connectivity index (χ2n) is 4.76. The number of unbranched alkanes of at least 4 members (excludes halogenated alkanes) is 1. The van der Waals surface area contributed by atoms with Crippen LogP contribution in [-0.2, 0) is 4.74 Å². The molecule has 17 heavy (non-hydrogen) atoms. The summed E-state index contributed by atoms with van der Waals surface area (Å²) in [6.45, 7) is 9.70. The number of aliphatic hydroxyl groups excluding tert-OH is 1. The average molecular weight is 242 g/mol. The van der Waals surface area contributed by atoms with Gasteiger partial charge in [-0.15, -0.1) is 6.58 Å². The van der Waals surface area contributed by atoms with Gasteiger partial charge in [-0.2, -0.15) is 0 Å². The third-order valence-corrected chi connectivity index (χ3v) is 3.04. The van der Waals surface area contributed by atoms with E-state index >= 15 is 0 Å². The van der Waals surface area contributed by atoms with Crippen molar-refractivity contribution in [2.24, 2.45) is 0 Å². The lowest BCUT2D eigenvalue weighted by atomic mass is 10.2. The van der Waals surface area contributed by atoms with Crippen LogP contribution in [0.3, 0.4) is 0 Å². The monoisotopic (exact) mass is 242 g/mol. The fourth-order valence-electron chi connectivity index (χ4n) is 2.10. The molecule has 0 aromatic rings. The van der Waals surface area contributed by atoms with E-state index in [1.807, 2.05) is 6.08 Å². The van der Waals surface area contributed by atoms with Gasteiger partial charge >= 0.3 is 0 Å². The van der Waals surface area contributed by atoms with Crippen LogP contribution in [-0.4, -0.2) is 74.0 Å². The van der Waals surface area contributed by atoms with Crippen LogP contribution in [0.1, 0.15) is 12.8 Å². The molecule has 0 spiro atoms. The van der Waals surface area contributed by atoms with E-state index < -0.39 is 0 Å². The fraction of sp³-hybridized carbons (Fsp3) is 0.846. The first kappa shape index (κ1) is 14.6. The predicted molar refractivity (Wildman–Crippen MR) is 70.2 cm³/mol. The molecule has 0 aliphatic carbocycles. The van der Waals surface area contributed by atoms with Gasteiger partial charge in [-0.3, -0.25) is 4.90 Å². The van der Waals surface area contributed by atoms with Crippen LogP contribution in [0.5, 0.6) is 0 Å².